The van der Waals surface area contributed by atoms with Crippen molar-refractivity contribution in [1.29, 1.82) is 5.26 Å². The van der Waals surface area contributed by atoms with Crippen LogP contribution in [0, 0.1) is 11.3 Å². The highest BCUT2D eigenvalue weighted by molar-refractivity contribution is 7.16. The Morgan fingerprint density at radius 2 is 2.08 bits per heavy atom. The van der Waals surface area contributed by atoms with Crippen molar-refractivity contribution in [2.24, 2.45) is 0 Å². The van der Waals surface area contributed by atoms with Gasteiger partial charge in [0.25, 0.3) is 0 Å². The third kappa shape index (κ3) is 5.29. The van der Waals surface area contributed by atoms with Gasteiger partial charge in [0, 0.05) is 35.3 Å². The highest BCUT2D eigenvalue weighted by atomic mass is 32.1. The van der Waals surface area contributed by atoms with E-state index in [4.69, 9.17) is 4.74 Å². The molecule has 10 heteroatoms. The number of pyridine rings is 2. The molecule has 1 atom stereocenters. The standard InChI is InChI=1S/C27H23N5O4S/c28-14-16-4-1-5-17(12-16)24-23-18(6-2-10-30-23)13-22(31-24)36-11-3-9-29-15-21(34)19-7-8-20(33)25-26(19)37-27(35)32-25/h1-2,4-8,10,12-13,21,29,33-34H,3,9,11,15H2,(H,32,35)/t21-/m0/s1. The number of hydrogen-bond acceptors (Lipinski definition) is 9. The lowest BCUT2D eigenvalue weighted by Gasteiger charge is -2.14. The molecule has 37 heavy (non-hydrogen) atoms. The van der Waals surface area contributed by atoms with E-state index in [-0.39, 0.29) is 17.2 Å². The molecule has 5 rings (SSSR count). The number of phenols is 1. The number of aromatic amines is 1. The zero-order valence-corrected chi connectivity index (χ0v) is 20.5. The summed E-state index contributed by atoms with van der Waals surface area (Å²) in [6, 6.07) is 18.1. The number of aromatic hydroxyl groups is 1. The molecule has 4 N–H and O–H groups in total. The van der Waals surface area contributed by atoms with Gasteiger partial charge < -0.3 is 25.3 Å². The number of fused-ring (bicyclic) bond motifs is 2. The fourth-order valence-corrected chi connectivity index (χ4v) is 5.01. The van der Waals surface area contributed by atoms with Crippen LogP contribution >= 0.6 is 11.3 Å². The predicted octanol–water partition coefficient (Wildman–Crippen LogP) is 3.87. The number of nitriles is 1. The lowest BCUT2D eigenvalue weighted by Crippen LogP contribution is -2.23. The quantitative estimate of drug-likeness (QED) is 0.218. The molecule has 0 bridgehead atoms. The van der Waals surface area contributed by atoms with Crippen molar-refractivity contribution in [2.75, 3.05) is 19.7 Å². The van der Waals surface area contributed by atoms with Gasteiger partial charge >= 0.3 is 4.87 Å². The van der Waals surface area contributed by atoms with E-state index in [1.807, 2.05) is 30.3 Å². The smallest absolute Gasteiger partial charge is 0.305 e. The van der Waals surface area contributed by atoms with Crippen molar-refractivity contribution < 1.29 is 14.9 Å². The number of hydrogen-bond donors (Lipinski definition) is 4. The maximum Gasteiger partial charge on any atom is 0.305 e. The number of phenolic OH excluding ortho intramolecular Hbond substituents is 1. The van der Waals surface area contributed by atoms with Crippen molar-refractivity contribution in [3.05, 3.63) is 81.6 Å². The number of aliphatic hydroxyl groups excluding tert-OH is 1. The van der Waals surface area contributed by atoms with Gasteiger partial charge in [0.15, 0.2) is 0 Å². The SMILES string of the molecule is N#Cc1cccc(-c2nc(OCCCNC[C@H](O)c3ccc(O)c4[nH]c(=O)sc34)cc3cccnc23)c1. The fraction of sp³-hybridized carbons (Fsp3) is 0.185. The number of rotatable bonds is 9. The summed E-state index contributed by atoms with van der Waals surface area (Å²) in [6.45, 7) is 1.28. The van der Waals surface area contributed by atoms with Gasteiger partial charge in [-0.25, -0.2) is 4.98 Å². The lowest BCUT2D eigenvalue weighted by atomic mass is 10.1. The topological polar surface area (TPSA) is 144 Å². The molecule has 0 saturated heterocycles. The van der Waals surface area contributed by atoms with E-state index in [1.54, 1.807) is 24.4 Å². The van der Waals surface area contributed by atoms with Crippen molar-refractivity contribution in [1.82, 2.24) is 20.3 Å². The van der Waals surface area contributed by atoms with Crippen molar-refractivity contribution in [3.8, 4) is 29.0 Å². The highest BCUT2D eigenvalue weighted by Crippen LogP contribution is 2.31. The van der Waals surface area contributed by atoms with Gasteiger partial charge in [-0.3, -0.25) is 9.78 Å². The van der Waals surface area contributed by atoms with E-state index < -0.39 is 6.10 Å². The number of nitrogens with one attached hydrogen (secondary N) is 2. The van der Waals surface area contributed by atoms with E-state index in [1.165, 1.54) is 6.07 Å². The largest absolute Gasteiger partial charge is 0.506 e. The van der Waals surface area contributed by atoms with Gasteiger partial charge in [-0.15, -0.1) is 0 Å². The number of benzene rings is 2. The summed E-state index contributed by atoms with van der Waals surface area (Å²) in [6.07, 6.45) is 1.54. The second-order valence-corrected chi connectivity index (χ2v) is 9.37. The molecule has 2 aromatic carbocycles. The van der Waals surface area contributed by atoms with Crippen molar-refractivity contribution >= 4 is 32.5 Å². The number of aliphatic hydroxyl groups is 1. The lowest BCUT2D eigenvalue weighted by molar-refractivity contribution is 0.175. The molecule has 9 nitrogen and oxygen atoms in total. The molecule has 0 aliphatic heterocycles. The summed E-state index contributed by atoms with van der Waals surface area (Å²) in [5.41, 5.74) is 3.65. The van der Waals surface area contributed by atoms with Crippen molar-refractivity contribution in [3.63, 3.8) is 0 Å². The third-order valence-corrected chi connectivity index (χ3v) is 6.79. The first kappa shape index (κ1) is 24.4. The van der Waals surface area contributed by atoms with Gasteiger partial charge in [-0.1, -0.05) is 35.6 Å². The van der Waals surface area contributed by atoms with Crippen LogP contribution in [0.5, 0.6) is 11.6 Å². The first-order valence-corrected chi connectivity index (χ1v) is 12.5. The van der Waals surface area contributed by atoms with E-state index in [0.29, 0.717) is 52.5 Å². The molecule has 0 radical (unpaired) electrons. The maximum atomic E-state index is 11.7. The number of aromatic nitrogens is 3. The summed E-state index contributed by atoms with van der Waals surface area (Å²) in [5, 5.41) is 33.9. The second kappa shape index (κ2) is 10.8. The van der Waals surface area contributed by atoms with E-state index >= 15 is 0 Å². The first-order valence-electron chi connectivity index (χ1n) is 11.7. The van der Waals surface area contributed by atoms with Crippen molar-refractivity contribution in [2.45, 2.75) is 12.5 Å². The molecule has 0 spiro atoms. The minimum Gasteiger partial charge on any atom is -0.506 e. The number of thiazole rings is 1. The molecule has 0 fully saturated rings. The highest BCUT2D eigenvalue weighted by Gasteiger charge is 2.16. The Labute approximate surface area is 215 Å². The average Bonchev–Trinajstić information content (AvgIpc) is 3.32. The minimum absolute atomic E-state index is 0.0200. The first-order chi connectivity index (χ1) is 18.0. The molecule has 5 aromatic rings. The summed E-state index contributed by atoms with van der Waals surface area (Å²) >= 11 is 0.962. The van der Waals surface area contributed by atoms with Crippen LogP contribution in [0.2, 0.25) is 0 Å². The normalized spacial score (nSPS) is 12.0. The monoisotopic (exact) mass is 513 g/mol. The van der Waals surface area contributed by atoms with E-state index in [0.717, 1.165) is 27.8 Å². The summed E-state index contributed by atoms with van der Waals surface area (Å²) in [4.78, 5) is 23.1. The van der Waals surface area contributed by atoms with Gasteiger partial charge in [0.05, 0.1) is 34.6 Å². The van der Waals surface area contributed by atoms with Crippen LogP contribution in [-0.4, -0.2) is 44.9 Å². The Morgan fingerprint density at radius 1 is 1.19 bits per heavy atom. The van der Waals surface area contributed by atoms with Crippen LogP contribution in [0.3, 0.4) is 0 Å². The van der Waals surface area contributed by atoms with Crippen LogP contribution in [-0.2, 0) is 0 Å². The zero-order valence-electron chi connectivity index (χ0n) is 19.6. The molecule has 3 aromatic heterocycles. The molecule has 0 aliphatic rings. The Balaban J connectivity index is 1.20. The Hall–Kier alpha value is -4.30. The van der Waals surface area contributed by atoms with E-state index in [9.17, 15) is 20.3 Å². The van der Waals surface area contributed by atoms with Gasteiger partial charge in [-0.2, -0.15) is 5.26 Å². The molecular formula is C27H23N5O4S. The Morgan fingerprint density at radius 3 is 2.95 bits per heavy atom. The van der Waals surface area contributed by atoms with Crippen LogP contribution in [0.15, 0.2) is 65.6 Å². The van der Waals surface area contributed by atoms with Crippen LogP contribution in [0.25, 0.3) is 32.4 Å². The second-order valence-electron chi connectivity index (χ2n) is 8.39. The zero-order chi connectivity index (χ0) is 25.8. The molecule has 186 valence electrons. The van der Waals surface area contributed by atoms with Crippen LogP contribution in [0.4, 0.5) is 0 Å². The van der Waals surface area contributed by atoms with Gasteiger partial charge in [0.1, 0.15) is 17.0 Å². The molecule has 0 aliphatic carbocycles. The van der Waals surface area contributed by atoms with Crippen LogP contribution < -0.4 is 14.9 Å². The molecular weight excluding hydrogens is 490 g/mol. The summed E-state index contributed by atoms with van der Waals surface area (Å²) in [7, 11) is 0. The van der Waals surface area contributed by atoms with Gasteiger partial charge in [0.2, 0.25) is 5.88 Å². The summed E-state index contributed by atoms with van der Waals surface area (Å²) < 4.78 is 6.48. The Kier molecular flexibility index (Phi) is 7.09. The van der Waals surface area contributed by atoms with Crippen LogP contribution in [0.1, 0.15) is 23.7 Å². The molecule has 0 saturated carbocycles. The summed E-state index contributed by atoms with van der Waals surface area (Å²) in [5.74, 6) is 0.445. The minimum atomic E-state index is -0.836. The maximum absolute atomic E-state index is 11.7. The number of nitrogens with zero attached hydrogens (tertiary/aromatic N) is 3. The molecule has 0 amide bonds. The molecule has 0 unspecified atom stereocenters. The van der Waals surface area contributed by atoms with E-state index in [2.05, 4.69) is 26.3 Å². The third-order valence-electron chi connectivity index (χ3n) is 5.86. The Bertz CT molecular complexity index is 1670. The average molecular weight is 514 g/mol. The molecule has 3 heterocycles. The van der Waals surface area contributed by atoms with Gasteiger partial charge in [-0.05, 0) is 37.2 Å². The predicted molar refractivity (Wildman–Crippen MR) is 142 cm³/mol. The number of H-pyrrole nitrogens is 1. The fourth-order valence-electron chi connectivity index (χ4n) is 4.10. The number of ether oxygens (including phenoxy) is 1.